The van der Waals surface area contributed by atoms with Crippen molar-refractivity contribution in [1.29, 1.82) is 0 Å². The van der Waals surface area contributed by atoms with Crippen molar-refractivity contribution in [1.82, 2.24) is 10.1 Å². The number of alkyl halides is 1. The zero-order valence-corrected chi connectivity index (χ0v) is 11.4. The summed E-state index contributed by atoms with van der Waals surface area (Å²) >= 11 is 5.72. The van der Waals surface area contributed by atoms with E-state index in [9.17, 15) is 0 Å². The maximum Gasteiger partial charge on any atom is 0.234 e. The molecular weight excluding hydrogens is 248 g/mol. The lowest BCUT2D eigenvalue weighted by atomic mass is 9.85. The average molecular weight is 265 g/mol. The average Bonchev–Trinajstić information content (AvgIpc) is 2.88. The van der Waals surface area contributed by atoms with Crippen molar-refractivity contribution in [2.45, 2.75) is 32.1 Å². The van der Waals surface area contributed by atoms with Crippen molar-refractivity contribution in [2.24, 2.45) is 5.92 Å². The van der Waals surface area contributed by atoms with Gasteiger partial charge in [-0.3, -0.25) is 0 Å². The number of halogens is 1. The molecule has 0 aliphatic carbocycles. The van der Waals surface area contributed by atoms with Crippen molar-refractivity contribution in [3.05, 3.63) is 47.6 Å². The molecule has 1 aromatic heterocycles. The Morgan fingerprint density at radius 2 is 2.00 bits per heavy atom. The minimum atomic E-state index is 0.140. The summed E-state index contributed by atoms with van der Waals surface area (Å²) in [6.07, 6.45) is 1.05. The summed E-state index contributed by atoms with van der Waals surface area (Å²) < 4.78 is 5.35. The standard InChI is InChI=1S/C14H17ClN2O/c1-3-10(2)13(11-7-5-4-6-8-11)14-16-12(9-15)17-18-14/h4-8,10,13H,3,9H2,1-2H3. The number of benzene rings is 1. The van der Waals surface area contributed by atoms with Gasteiger partial charge in [0.2, 0.25) is 5.89 Å². The van der Waals surface area contributed by atoms with Crippen LogP contribution in [0.15, 0.2) is 34.9 Å². The van der Waals surface area contributed by atoms with Gasteiger partial charge in [0.1, 0.15) is 0 Å². The maximum atomic E-state index is 5.72. The van der Waals surface area contributed by atoms with Crippen LogP contribution in [0.4, 0.5) is 0 Å². The molecule has 0 aliphatic heterocycles. The normalized spacial score (nSPS) is 14.4. The van der Waals surface area contributed by atoms with Gasteiger partial charge >= 0.3 is 0 Å². The van der Waals surface area contributed by atoms with Gasteiger partial charge < -0.3 is 4.52 Å². The summed E-state index contributed by atoms with van der Waals surface area (Å²) in [7, 11) is 0. The molecular formula is C14H17ClN2O. The van der Waals surface area contributed by atoms with E-state index >= 15 is 0 Å². The van der Waals surface area contributed by atoms with Gasteiger partial charge in [0, 0.05) is 0 Å². The fourth-order valence-electron chi connectivity index (χ4n) is 2.06. The van der Waals surface area contributed by atoms with Crippen molar-refractivity contribution < 1.29 is 4.52 Å². The molecule has 2 unspecified atom stereocenters. The van der Waals surface area contributed by atoms with Crippen LogP contribution in [0.5, 0.6) is 0 Å². The second-order valence-corrected chi connectivity index (χ2v) is 4.72. The van der Waals surface area contributed by atoms with Gasteiger partial charge in [-0.05, 0) is 11.5 Å². The molecule has 18 heavy (non-hydrogen) atoms. The zero-order valence-electron chi connectivity index (χ0n) is 10.6. The highest BCUT2D eigenvalue weighted by Gasteiger charge is 2.25. The Morgan fingerprint density at radius 3 is 2.56 bits per heavy atom. The van der Waals surface area contributed by atoms with Crippen molar-refractivity contribution in [3.63, 3.8) is 0 Å². The molecule has 0 saturated carbocycles. The number of hydrogen-bond acceptors (Lipinski definition) is 3. The highest BCUT2D eigenvalue weighted by atomic mass is 35.5. The first-order valence-corrected chi connectivity index (χ1v) is 6.73. The largest absolute Gasteiger partial charge is 0.339 e. The zero-order chi connectivity index (χ0) is 13.0. The molecule has 0 radical (unpaired) electrons. The molecule has 0 amide bonds. The number of nitrogens with zero attached hydrogens (tertiary/aromatic N) is 2. The summed E-state index contributed by atoms with van der Waals surface area (Å²) in [5.74, 6) is 2.07. The molecule has 2 atom stereocenters. The van der Waals surface area contributed by atoms with Gasteiger partial charge in [0.25, 0.3) is 0 Å². The SMILES string of the molecule is CCC(C)C(c1ccccc1)c1nc(CCl)no1. The Bertz CT molecular complexity index is 484. The minimum Gasteiger partial charge on any atom is -0.339 e. The summed E-state index contributed by atoms with van der Waals surface area (Å²) in [5, 5.41) is 3.88. The molecule has 0 fully saturated rings. The molecule has 1 aromatic carbocycles. The predicted octanol–water partition coefficient (Wildman–Crippen LogP) is 3.99. The summed E-state index contributed by atoms with van der Waals surface area (Å²) in [6.45, 7) is 4.36. The Morgan fingerprint density at radius 1 is 1.28 bits per heavy atom. The van der Waals surface area contributed by atoms with E-state index in [1.807, 2.05) is 18.2 Å². The quantitative estimate of drug-likeness (QED) is 0.767. The summed E-state index contributed by atoms with van der Waals surface area (Å²) in [5.41, 5.74) is 1.21. The van der Waals surface area contributed by atoms with Gasteiger partial charge in [-0.2, -0.15) is 4.98 Å². The number of hydrogen-bond donors (Lipinski definition) is 0. The highest BCUT2D eigenvalue weighted by molar-refractivity contribution is 6.16. The maximum absolute atomic E-state index is 5.72. The monoisotopic (exact) mass is 264 g/mol. The topological polar surface area (TPSA) is 38.9 Å². The lowest BCUT2D eigenvalue weighted by Crippen LogP contribution is -2.11. The van der Waals surface area contributed by atoms with Crippen LogP contribution in [0, 0.1) is 5.92 Å². The molecule has 4 heteroatoms. The third-order valence-electron chi connectivity index (χ3n) is 3.24. The lowest BCUT2D eigenvalue weighted by Gasteiger charge is -2.19. The summed E-state index contributed by atoms with van der Waals surface area (Å²) in [4.78, 5) is 4.36. The third-order valence-corrected chi connectivity index (χ3v) is 3.48. The molecule has 0 aliphatic rings. The van der Waals surface area contributed by atoms with Crippen LogP contribution in [0.1, 0.15) is 43.5 Å². The number of rotatable bonds is 5. The smallest absolute Gasteiger partial charge is 0.234 e. The van der Waals surface area contributed by atoms with Crippen molar-refractivity contribution in [3.8, 4) is 0 Å². The predicted molar refractivity (Wildman–Crippen MR) is 71.6 cm³/mol. The molecule has 0 N–H and O–H groups in total. The van der Waals surface area contributed by atoms with Crippen LogP contribution in [-0.2, 0) is 5.88 Å². The first-order valence-electron chi connectivity index (χ1n) is 6.19. The Balaban J connectivity index is 2.37. The van der Waals surface area contributed by atoms with E-state index in [1.54, 1.807) is 0 Å². The van der Waals surface area contributed by atoms with Crippen LogP contribution in [0.2, 0.25) is 0 Å². The van der Waals surface area contributed by atoms with Crippen LogP contribution in [0.25, 0.3) is 0 Å². The van der Waals surface area contributed by atoms with Crippen molar-refractivity contribution in [2.75, 3.05) is 0 Å². The molecule has 2 rings (SSSR count). The van der Waals surface area contributed by atoms with E-state index in [4.69, 9.17) is 16.1 Å². The van der Waals surface area contributed by atoms with E-state index in [0.29, 0.717) is 17.6 Å². The van der Waals surface area contributed by atoms with E-state index in [0.717, 1.165) is 6.42 Å². The number of aromatic nitrogens is 2. The molecule has 0 saturated heterocycles. The fourth-order valence-corrected chi connectivity index (χ4v) is 2.17. The Labute approximate surface area is 112 Å². The fraction of sp³-hybridized carbons (Fsp3) is 0.429. The Hall–Kier alpha value is -1.35. The second kappa shape index (κ2) is 6.01. The van der Waals surface area contributed by atoms with E-state index in [1.165, 1.54) is 5.56 Å². The summed E-state index contributed by atoms with van der Waals surface area (Å²) in [6, 6.07) is 10.3. The lowest BCUT2D eigenvalue weighted by molar-refractivity contribution is 0.328. The molecule has 2 aromatic rings. The van der Waals surface area contributed by atoms with E-state index in [2.05, 4.69) is 36.1 Å². The van der Waals surface area contributed by atoms with Gasteiger partial charge in [-0.15, -0.1) is 11.6 Å². The first kappa shape index (κ1) is 13.1. The van der Waals surface area contributed by atoms with Crippen LogP contribution in [0.3, 0.4) is 0 Å². The van der Waals surface area contributed by atoms with Crippen molar-refractivity contribution >= 4 is 11.6 Å². The Kier molecular flexibility index (Phi) is 4.37. The van der Waals surface area contributed by atoms with Gasteiger partial charge in [0.15, 0.2) is 5.82 Å². The van der Waals surface area contributed by atoms with E-state index < -0.39 is 0 Å². The second-order valence-electron chi connectivity index (χ2n) is 4.46. The molecule has 0 spiro atoms. The highest BCUT2D eigenvalue weighted by Crippen LogP contribution is 2.32. The third kappa shape index (κ3) is 2.72. The van der Waals surface area contributed by atoms with E-state index in [-0.39, 0.29) is 11.8 Å². The van der Waals surface area contributed by atoms with Crippen LogP contribution >= 0.6 is 11.6 Å². The van der Waals surface area contributed by atoms with Gasteiger partial charge in [-0.1, -0.05) is 55.8 Å². The minimum absolute atomic E-state index is 0.140. The van der Waals surface area contributed by atoms with Crippen LogP contribution in [-0.4, -0.2) is 10.1 Å². The van der Waals surface area contributed by atoms with Crippen LogP contribution < -0.4 is 0 Å². The van der Waals surface area contributed by atoms with Gasteiger partial charge in [-0.25, -0.2) is 0 Å². The molecule has 0 bridgehead atoms. The molecule has 96 valence electrons. The van der Waals surface area contributed by atoms with Gasteiger partial charge in [0.05, 0.1) is 11.8 Å². The first-order chi connectivity index (χ1) is 8.76. The molecule has 3 nitrogen and oxygen atoms in total. The molecule has 1 heterocycles.